The summed E-state index contributed by atoms with van der Waals surface area (Å²) in [7, 11) is 0. The van der Waals surface area contributed by atoms with Crippen LogP contribution in [0.5, 0.6) is 0 Å². The monoisotopic (exact) mass is 308 g/mol. The van der Waals surface area contributed by atoms with E-state index in [0.29, 0.717) is 5.56 Å². The van der Waals surface area contributed by atoms with E-state index in [1.807, 2.05) is 0 Å². The molecule has 0 aliphatic carbocycles. The first kappa shape index (κ1) is 17.2. The van der Waals surface area contributed by atoms with Gasteiger partial charge in [0.1, 0.15) is 12.1 Å². The molecule has 22 heavy (non-hydrogen) atoms. The van der Waals surface area contributed by atoms with E-state index < -0.39 is 36.4 Å². The molecule has 8 nitrogen and oxygen atoms in total. The smallest absolute Gasteiger partial charge is 0.326 e. The summed E-state index contributed by atoms with van der Waals surface area (Å²) in [5.41, 5.74) is 0.702. The molecule has 0 heterocycles. The fourth-order valence-corrected chi connectivity index (χ4v) is 1.81. The third-order valence-electron chi connectivity index (χ3n) is 2.86. The Morgan fingerprint density at radius 1 is 1.09 bits per heavy atom. The lowest BCUT2D eigenvalue weighted by atomic mass is 10.1. The largest absolute Gasteiger partial charge is 0.481 e. The molecule has 2 amide bonds. The van der Waals surface area contributed by atoms with Crippen molar-refractivity contribution < 1.29 is 29.4 Å². The van der Waals surface area contributed by atoms with Crippen LogP contribution in [0.3, 0.4) is 0 Å². The minimum Gasteiger partial charge on any atom is -0.481 e. The van der Waals surface area contributed by atoms with Crippen molar-refractivity contribution in [3.63, 3.8) is 0 Å². The Bertz CT molecular complexity index is 546. The van der Waals surface area contributed by atoms with Gasteiger partial charge in [0.15, 0.2) is 0 Å². The van der Waals surface area contributed by atoms with Crippen LogP contribution >= 0.6 is 0 Å². The van der Waals surface area contributed by atoms with Crippen LogP contribution in [0.25, 0.3) is 0 Å². The molecule has 0 radical (unpaired) electrons. The summed E-state index contributed by atoms with van der Waals surface area (Å²) < 4.78 is 0. The Balaban J connectivity index is 2.76. The average Bonchev–Trinajstić information content (AvgIpc) is 2.46. The zero-order valence-electron chi connectivity index (χ0n) is 11.6. The molecule has 0 aliphatic heterocycles. The maximum absolute atomic E-state index is 11.9. The molecule has 0 unspecified atom stereocenters. The quantitative estimate of drug-likeness (QED) is 0.450. The summed E-state index contributed by atoms with van der Waals surface area (Å²) in [5, 5.41) is 22.1. The molecule has 1 rings (SSSR count). The van der Waals surface area contributed by atoms with Gasteiger partial charge in [-0.3, -0.25) is 14.4 Å². The van der Waals surface area contributed by atoms with E-state index in [1.165, 1.54) is 0 Å². The van der Waals surface area contributed by atoms with E-state index in [9.17, 15) is 19.2 Å². The average molecular weight is 308 g/mol. The Kier molecular flexibility index (Phi) is 6.55. The third-order valence-corrected chi connectivity index (χ3v) is 2.86. The second kappa shape index (κ2) is 8.40. The van der Waals surface area contributed by atoms with E-state index >= 15 is 0 Å². The molecule has 8 heteroatoms. The highest BCUT2D eigenvalue weighted by atomic mass is 16.4. The summed E-state index contributed by atoms with van der Waals surface area (Å²) in [6, 6.07) is 6.11. The van der Waals surface area contributed by atoms with Gasteiger partial charge < -0.3 is 20.8 Å². The van der Waals surface area contributed by atoms with Gasteiger partial charge in [-0.1, -0.05) is 30.3 Å². The van der Waals surface area contributed by atoms with Crippen LogP contribution in [0.2, 0.25) is 0 Å². The van der Waals surface area contributed by atoms with Gasteiger partial charge in [0, 0.05) is 6.42 Å². The normalized spacial score (nSPS) is 12.7. The molecule has 0 aliphatic rings. The zero-order chi connectivity index (χ0) is 16.5. The molecule has 0 saturated heterocycles. The van der Waals surface area contributed by atoms with Crippen molar-refractivity contribution >= 4 is 24.3 Å². The number of hydrogen-bond donors (Lipinski definition) is 4. The molecule has 0 saturated carbocycles. The predicted molar refractivity (Wildman–Crippen MR) is 75.0 cm³/mol. The van der Waals surface area contributed by atoms with Gasteiger partial charge in [-0.2, -0.15) is 0 Å². The molecular formula is C14H16N2O6. The van der Waals surface area contributed by atoms with Crippen LogP contribution in [0.15, 0.2) is 30.3 Å². The number of aliphatic carboxylic acids is 2. The van der Waals surface area contributed by atoms with Crippen LogP contribution in [0.1, 0.15) is 12.0 Å². The third kappa shape index (κ3) is 5.61. The number of amides is 2. The van der Waals surface area contributed by atoms with Gasteiger partial charge in [0.2, 0.25) is 12.3 Å². The molecule has 4 N–H and O–H groups in total. The summed E-state index contributed by atoms with van der Waals surface area (Å²) in [4.78, 5) is 44.2. The van der Waals surface area contributed by atoms with Gasteiger partial charge in [-0.25, -0.2) is 4.79 Å². The first-order valence-electron chi connectivity index (χ1n) is 6.42. The van der Waals surface area contributed by atoms with E-state index in [1.54, 1.807) is 30.3 Å². The van der Waals surface area contributed by atoms with Crippen molar-refractivity contribution in [1.82, 2.24) is 10.6 Å². The predicted octanol–water partition coefficient (Wildman–Crippen LogP) is -0.612. The van der Waals surface area contributed by atoms with Gasteiger partial charge >= 0.3 is 11.9 Å². The van der Waals surface area contributed by atoms with Crippen molar-refractivity contribution in [1.29, 1.82) is 0 Å². The van der Waals surface area contributed by atoms with Gasteiger partial charge in [-0.15, -0.1) is 0 Å². The highest BCUT2D eigenvalue weighted by molar-refractivity contribution is 5.90. The van der Waals surface area contributed by atoms with Crippen molar-refractivity contribution in [3.05, 3.63) is 35.9 Å². The van der Waals surface area contributed by atoms with Crippen LogP contribution in [-0.4, -0.2) is 46.6 Å². The lowest BCUT2D eigenvalue weighted by Gasteiger charge is -2.19. The van der Waals surface area contributed by atoms with Crippen molar-refractivity contribution in [3.8, 4) is 0 Å². The molecule has 1 aromatic carbocycles. The Labute approximate surface area is 126 Å². The van der Waals surface area contributed by atoms with Crippen LogP contribution < -0.4 is 10.6 Å². The lowest BCUT2D eigenvalue weighted by molar-refractivity contribution is -0.143. The number of benzene rings is 1. The van der Waals surface area contributed by atoms with Crippen molar-refractivity contribution in [2.75, 3.05) is 0 Å². The summed E-state index contributed by atoms with van der Waals surface area (Å²) in [6.45, 7) is 0. The number of carboxylic acid groups (broad SMARTS) is 2. The zero-order valence-corrected chi connectivity index (χ0v) is 11.6. The molecule has 0 aromatic heterocycles. The first-order chi connectivity index (χ1) is 10.4. The highest BCUT2D eigenvalue weighted by Gasteiger charge is 2.26. The Morgan fingerprint density at radius 3 is 2.23 bits per heavy atom. The second-order valence-electron chi connectivity index (χ2n) is 4.52. The van der Waals surface area contributed by atoms with Gasteiger partial charge in [0.05, 0.1) is 6.42 Å². The SMILES string of the molecule is O=CN[C@@H](CC(=O)O)C(=O)N[C@@H](Cc1ccccc1)C(=O)O. The second-order valence-corrected chi connectivity index (χ2v) is 4.52. The maximum Gasteiger partial charge on any atom is 0.326 e. The van der Waals surface area contributed by atoms with Crippen molar-refractivity contribution in [2.24, 2.45) is 0 Å². The van der Waals surface area contributed by atoms with Gasteiger partial charge in [-0.05, 0) is 5.56 Å². The minimum absolute atomic E-state index is 0.0444. The van der Waals surface area contributed by atoms with Crippen LogP contribution in [0, 0.1) is 0 Å². The fraction of sp³-hybridized carbons (Fsp3) is 0.286. The molecule has 2 atom stereocenters. The summed E-state index contributed by atoms with van der Waals surface area (Å²) >= 11 is 0. The number of carbonyl (C=O) groups is 4. The van der Waals surface area contributed by atoms with Gasteiger partial charge in [0.25, 0.3) is 0 Å². The topological polar surface area (TPSA) is 133 Å². The van der Waals surface area contributed by atoms with E-state index in [-0.39, 0.29) is 12.8 Å². The first-order valence-corrected chi connectivity index (χ1v) is 6.42. The van der Waals surface area contributed by atoms with E-state index in [0.717, 1.165) is 0 Å². The maximum atomic E-state index is 11.9. The molecule has 0 bridgehead atoms. The molecular weight excluding hydrogens is 292 g/mol. The number of carbonyl (C=O) groups excluding carboxylic acids is 2. The standard InChI is InChI=1S/C14H16N2O6/c17-8-15-10(7-12(18)19)13(20)16-11(14(21)22)6-9-4-2-1-3-5-9/h1-5,8,10-11H,6-7H2,(H,15,17)(H,16,20)(H,18,19)(H,21,22)/t10-,11-/m0/s1. The molecule has 118 valence electrons. The highest BCUT2D eigenvalue weighted by Crippen LogP contribution is 2.04. The summed E-state index contributed by atoms with van der Waals surface area (Å²) in [6.07, 6.45) is -0.398. The molecule has 0 spiro atoms. The number of nitrogens with one attached hydrogen (secondary N) is 2. The number of hydrogen-bond acceptors (Lipinski definition) is 4. The Morgan fingerprint density at radius 2 is 1.73 bits per heavy atom. The van der Waals surface area contributed by atoms with Crippen molar-refractivity contribution in [2.45, 2.75) is 24.9 Å². The van der Waals surface area contributed by atoms with E-state index in [4.69, 9.17) is 10.2 Å². The molecule has 1 aromatic rings. The van der Waals surface area contributed by atoms with Crippen LogP contribution in [-0.2, 0) is 25.6 Å². The minimum atomic E-state index is -1.33. The summed E-state index contributed by atoms with van der Waals surface area (Å²) in [5.74, 6) is -3.40. The van der Waals surface area contributed by atoms with E-state index in [2.05, 4.69) is 10.6 Å². The number of carboxylic acids is 2. The Hall–Kier alpha value is -2.90. The molecule has 0 fully saturated rings. The van der Waals surface area contributed by atoms with Crippen LogP contribution in [0.4, 0.5) is 0 Å². The fourth-order valence-electron chi connectivity index (χ4n) is 1.81. The lowest BCUT2D eigenvalue weighted by Crippen LogP contribution is -2.51. The number of rotatable bonds is 9.